The predicted molar refractivity (Wildman–Crippen MR) is 69.8 cm³/mol. The van der Waals surface area contributed by atoms with Gasteiger partial charge >= 0.3 is 0 Å². The zero-order valence-corrected chi connectivity index (χ0v) is 10.7. The van der Waals surface area contributed by atoms with Gasteiger partial charge in [-0.3, -0.25) is 4.79 Å². The van der Waals surface area contributed by atoms with E-state index in [1.165, 1.54) is 24.6 Å². The van der Waals surface area contributed by atoms with Crippen molar-refractivity contribution in [3.8, 4) is 6.07 Å². The number of nitriles is 1. The highest BCUT2D eigenvalue weighted by Gasteiger charge is 2.25. The van der Waals surface area contributed by atoms with Gasteiger partial charge in [-0.05, 0) is 30.9 Å². The second kappa shape index (κ2) is 6.33. The van der Waals surface area contributed by atoms with Crippen LogP contribution in [0.4, 0.5) is 4.39 Å². The molecule has 0 spiro atoms. The number of amides is 1. The average molecular weight is 260 g/mol. The van der Waals surface area contributed by atoms with Gasteiger partial charge in [0.2, 0.25) is 0 Å². The van der Waals surface area contributed by atoms with E-state index in [1.807, 2.05) is 0 Å². The molecule has 1 aliphatic carbocycles. The first-order valence-corrected chi connectivity index (χ1v) is 6.67. The van der Waals surface area contributed by atoms with Crippen LogP contribution in [0.1, 0.15) is 42.5 Å². The normalized spacial score (nSPS) is 17.5. The fourth-order valence-electron chi connectivity index (χ4n) is 2.59. The van der Waals surface area contributed by atoms with Gasteiger partial charge in [0, 0.05) is 0 Å². The Hall–Kier alpha value is -1.89. The van der Waals surface area contributed by atoms with Crippen molar-refractivity contribution in [1.29, 1.82) is 5.26 Å². The third-order valence-electron chi connectivity index (χ3n) is 3.67. The summed E-state index contributed by atoms with van der Waals surface area (Å²) in [6.45, 7) is 0. The summed E-state index contributed by atoms with van der Waals surface area (Å²) in [5, 5.41) is 11.8. The molecule has 1 amide bonds. The number of carbonyl (C=O) groups excluding carboxylic acids is 1. The van der Waals surface area contributed by atoms with Crippen molar-refractivity contribution in [3.63, 3.8) is 0 Å². The Balaban J connectivity index is 2.04. The van der Waals surface area contributed by atoms with Gasteiger partial charge < -0.3 is 5.32 Å². The topological polar surface area (TPSA) is 52.9 Å². The van der Waals surface area contributed by atoms with Crippen LogP contribution in [0.3, 0.4) is 0 Å². The zero-order chi connectivity index (χ0) is 13.7. The molecule has 1 fully saturated rings. The van der Waals surface area contributed by atoms with Crippen molar-refractivity contribution >= 4 is 5.91 Å². The Labute approximate surface area is 112 Å². The highest BCUT2D eigenvalue weighted by Crippen LogP contribution is 2.26. The first-order chi connectivity index (χ1) is 9.22. The molecule has 1 aliphatic rings. The molecule has 4 heteroatoms. The minimum Gasteiger partial charge on any atom is -0.336 e. The Morgan fingerprint density at radius 2 is 2.00 bits per heavy atom. The van der Waals surface area contributed by atoms with E-state index in [-0.39, 0.29) is 11.5 Å². The summed E-state index contributed by atoms with van der Waals surface area (Å²) in [7, 11) is 0. The van der Waals surface area contributed by atoms with Crippen molar-refractivity contribution in [2.24, 2.45) is 5.92 Å². The third-order valence-corrected chi connectivity index (χ3v) is 3.67. The van der Waals surface area contributed by atoms with Crippen LogP contribution in [-0.4, -0.2) is 11.9 Å². The van der Waals surface area contributed by atoms with Gasteiger partial charge in [0.25, 0.3) is 5.91 Å². The molecule has 1 N–H and O–H groups in total. The van der Waals surface area contributed by atoms with Gasteiger partial charge in [0.15, 0.2) is 0 Å². The van der Waals surface area contributed by atoms with E-state index in [9.17, 15) is 14.4 Å². The van der Waals surface area contributed by atoms with E-state index >= 15 is 0 Å². The molecule has 1 saturated carbocycles. The Kier molecular flexibility index (Phi) is 4.51. The maximum atomic E-state index is 13.5. The molecule has 19 heavy (non-hydrogen) atoms. The van der Waals surface area contributed by atoms with Gasteiger partial charge in [-0.25, -0.2) is 4.39 Å². The maximum absolute atomic E-state index is 13.5. The molecule has 0 aromatic heterocycles. The van der Waals surface area contributed by atoms with Crippen LogP contribution in [0.5, 0.6) is 0 Å². The van der Waals surface area contributed by atoms with Crippen molar-refractivity contribution in [1.82, 2.24) is 5.32 Å². The first-order valence-electron chi connectivity index (χ1n) is 6.67. The smallest absolute Gasteiger partial charge is 0.255 e. The monoisotopic (exact) mass is 260 g/mol. The summed E-state index contributed by atoms with van der Waals surface area (Å²) in [6.07, 6.45) is 5.29. The highest BCUT2D eigenvalue weighted by molar-refractivity contribution is 5.94. The highest BCUT2D eigenvalue weighted by atomic mass is 19.1. The molecule has 3 nitrogen and oxygen atoms in total. The zero-order valence-electron chi connectivity index (χ0n) is 10.7. The summed E-state index contributed by atoms with van der Waals surface area (Å²) < 4.78 is 13.5. The predicted octanol–water partition coefficient (Wildman–Crippen LogP) is 3.03. The van der Waals surface area contributed by atoms with Gasteiger partial charge in [0.1, 0.15) is 11.9 Å². The summed E-state index contributed by atoms with van der Waals surface area (Å²) in [5.41, 5.74) is -0.00133. The van der Waals surface area contributed by atoms with Crippen molar-refractivity contribution in [2.45, 2.75) is 38.1 Å². The number of rotatable bonds is 3. The number of hydrogen-bond acceptors (Lipinski definition) is 2. The lowest BCUT2D eigenvalue weighted by Gasteiger charge is -2.26. The van der Waals surface area contributed by atoms with Crippen LogP contribution in [0.2, 0.25) is 0 Å². The molecule has 1 aromatic rings. The number of nitrogens with one attached hydrogen (secondary N) is 1. The van der Waals surface area contributed by atoms with Gasteiger partial charge in [-0.1, -0.05) is 31.4 Å². The van der Waals surface area contributed by atoms with Crippen LogP contribution < -0.4 is 5.32 Å². The lowest BCUT2D eigenvalue weighted by atomic mass is 9.84. The molecule has 100 valence electrons. The van der Waals surface area contributed by atoms with E-state index in [1.54, 1.807) is 6.07 Å². The van der Waals surface area contributed by atoms with Gasteiger partial charge in [-0.2, -0.15) is 5.26 Å². The summed E-state index contributed by atoms with van der Waals surface area (Å²) in [5.74, 6) is -0.870. The molecule has 1 atom stereocenters. The first kappa shape index (κ1) is 13.5. The Morgan fingerprint density at radius 3 is 2.63 bits per heavy atom. The van der Waals surface area contributed by atoms with Gasteiger partial charge in [-0.15, -0.1) is 0 Å². The number of nitrogens with zero attached hydrogens (tertiary/aromatic N) is 1. The molecular weight excluding hydrogens is 243 g/mol. The van der Waals surface area contributed by atoms with Crippen molar-refractivity contribution in [3.05, 3.63) is 35.6 Å². The summed E-state index contributed by atoms with van der Waals surface area (Å²) in [4.78, 5) is 12.0. The quantitative estimate of drug-likeness (QED) is 0.908. The van der Waals surface area contributed by atoms with Crippen LogP contribution in [0.25, 0.3) is 0 Å². The molecule has 2 rings (SSSR count). The number of carbonyl (C=O) groups is 1. The van der Waals surface area contributed by atoms with E-state index in [0.717, 1.165) is 25.7 Å². The van der Waals surface area contributed by atoms with Crippen molar-refractivity contribution in [2.75, 3.05) is 0 Å². The van der Waals surface area contributed by atoms with Crippen LogP contribution in [0, 0.1) is 23.1 Å². The van der Waals surface area contributed by atoms with E-state index in [4.69, 9.17) is 0 Å². The Bertz CT molecular complexity index is 489. The fourth-order valence-corrected chi connectivity index (χ4v) is 2.59. The van der Waals surface area contributed by atoms with Gasteiger partial charge in [0.05, 0.1) is 11.6 Å². The second-order valence-corrected chi connectivity index (χ2v) is 4.96. The van der Waals surface area contributed by atoms with E-state index in [2.05, 4.69) is 11.4 Å². The van der Waals surface area contributed by atoms with Crippen LogP contribution in [-0.2, 0) is 0 Å². The molecule has 0 heterocycles. The second-order valence-electron chi connectivity index (χ2n) is 4.96. The molecular formula is C15H17FN2O. The number of halogens is 1. The molecule has 1 unspecified atom stereocenters. The minimum atomic E-state index is -0.555. The van der Waals surface area contributed by atoms with Crippen LogP contribution in [0.15, 0.2) is 24.3 Å². The number of hydrogen-bond donors (Lipinski definition) is 1. The minimum absolute atomic E-state index is 0.00133. The summed E-state index contributed by atoms with van der Waals surface area (Å²) in [6, 6.07) is 7.44. The van der Waals surface area contributed by atoms with E-state index < -0.39 is 17.8 Å². The standard InChI is InChI=1S/C15H17FN2O/c16-13-9-5-4-8-12(13)15(19)18-14(10-17)11-6-2-1-3-7-11/h4-5,8-9,11,14H,1-3,6-7H2,(H,18,19). The lowest BCUT2D eigenvalue weighted by Crippen LogP contribution is -2.40. The SMILES string of the molecule is N#CC(NC(=O)c1ccccc1F)C1CCCCC1. The maximum Gasteiger partial charge on any atom is 0.255 e. The van der Waals surface area contributed by atoms with Crippen LogP contribution >= 0.6 is 0 Å². The largest absolute Gasteiger partial charge is 0.336 e. The Morgan fingerprint density at radius 1 is 1.32 bits per heavy atom. The molecule has 0 aliphatic heterocycles. The summed E-state index contributed by atoms with van der Waals surface area (Å²) >= 11 is 0. The molecule has 0 bridgehead atoms. The molecule has 1 aromatic carbocycles. The molecule has 0 saturated heterocycles. The average Bonchev–Trinajstić information content (AvgIpc) is 2.46. The molecule has 0 radical (unpaired) electrons. The fraction of sp³-hybridized carbons (Fsp3) is 0.467. The third kappa shape index (κ3) is 3.31. The van der Waals surface area contributed by atoms with E-state index in [0.29, 0.717) is 0 Å². The lowest BCUT2D eigenvalue weighted by molar-refractivity contribution is 0.0925. The number of benzene rings is 1. The van der Waals surface area contributed by atoms with Crippen molar-refractivity contribution < 1.29 is 9.18 Å².